The second kappa shape index (κ2) is 2.43. The third kappa shape index (κ3) is 1.63. The van der Waals surface area contributed by atoms with E-state index in [0.29, 0.717) is 0 Å². The third-order valence-electron chi connectivity index (χ3n) is 1.38. The van der Waals surface area contributed by atoms with Gasteiger partial charge in [0.15, 0.2) is 0 Å². The second-order valence-electron chi connectivity index (χ2n) is 2.23. The summed E-state index contributed by atoms with van der Waals surface area (Å²) < 4.78 is 45.5. The Morgan fingerprint density at radius 2 is 2.00 bits per heavy atom. The molecular weight excluding hydrogens is 164 g/mol. The lowest BCUT2D eigenvalue weighted by atomic mass is 10.3. The van der Waals surface area contributed by atoms with Gasteiger partial charge in [-0.3, -0.25) is 0 Å². The van der Waals surface area contributed by atoms with E-state index in [1.165, 1.54) is 0 Å². The fraction of sp³-hybridized carbons (Fsp3) is 1.00. The molecule has 0 atom stereocenters. The first kappa shape index (κ1) is 7.87. The summed E-state index contributed by atoms with van der Waals surface area (Å²) in [6, 6.07) is 0. The van der Waals surface area contributed by atoms with Gasteiger partial charge in [-0.1, -0.05) is 0 Å². The van der Waals surface area contributed by atoms with Gasteiger partial charge in [-0.15, -0.1) is 0 Å². The minimum Gasteiger partial charge on any atom is -0.215 e. The highest BCUT2D eigenvalue weighted by Crippen LogP contribution is 2.26. The molecular formula is C4H7F2NO2S. The largest absolute Gasteiger partial charge is 0.262 e. The monoisotopic (exact) mass is 171 g/mol. The Hall–Kier alpha value is -0.230. The van der Waals surface area contributed by atoms with Gasteiger partial charge in [-0.2, -0.15) is 4.31 Å². The van der Waals surface area contributed by atoms with Gasteiger partial charge in [0.2, 0.25) is 10.9 Å². The highest BCUT2D eigenvalue weighted by atomic mass is 32.2. The van der Waals surface area contributed by atoms with Gasteiger partial charge in [-0.25, -0.2) is 17.2 Å². The highest BCUT2D eigenvalue weighted by Gasteiger charge is 2.39. The van der Waals surface area contributed by atoms with E-state index in [1.54, 1.807) is 0 Å². The molecule has 1 saturated heterocycles. The van der Waals surface area contributed by atoms with Crippen molar-refractivity contribution in [2.24, 2.45) is 0 Å². The Balaban J connectivity index is 2.59. The Labute approximate surface area is 58.7 Å². The van der Waals surface area contributed by atoms with Gasteiger partial charge in [0.25, 0.3) is 5.92 Å². The fourth-order valence-corrected chi connectivity index (χ4v) is 1.44. The Kier molecular flexibility index (Phi) is 1.91. The van der Waals surface area contributed by atoms with Crippen molar-refractivity contribution in [3.63, 3.8) is 0 Å². The van der Waals surface area contributed by atoms with Crippen molar-refractivity contribution < 1.29 is 17.2 Å². The molecule has 0 bridgehead atoms. The maximum absolute atomic E-state index is 12.2. The van der Waals surface area contributed by atoms with Crippen molar-refractivity contribution in [1.82, 2.24) is 4.31 Å². The predicted octanol–water partition coefficient (Wildman–Crippen LogP) is -0.146. The summed E-state index contributed by atoms with van der Waals surface area (Å²) in [5.41, 5.74) is 0. The quantitative estimate of drug-likeness (QED) is 0.557. The van der Waals surface area contributed by atoms with Crippen LogP contribution in [-0.4, -0.2) is 31.7 Å². The topological polar surface area (TPSA) is 37.4 Å². The zero-order valence-corrected chi connectivity index (χ0v) is 5.98. The summed E-state index contributed by atoms with van der Waals surface area (Å²) in [6.07, 6.45) is -0.351. The third-order valence-corrected chi connectivity index (χ3v) is 2.18. The molecule has 1 heterocycles. The van der Waals surface area contributed by atoms with Crippen molar-refractivity contribution in [1.29, 1.82) is 0 Å². The summed E-state index contributed by atoms with van der Waals surface area (Å²) in [7, 11) is -2.81. The van der Waals surface area contributed by atoms with Crippen LogP contribution in [0.1, 0.15) is 6.42 Å². The average Bonchev–Trinajstić information content (AvgIpc) is 2.10. The van der Waals surface area contributed by atoms with Gasteiger partial charge >= 0.3 is 0 Å². The number of halogens is 2. The number of nitrogens with zero attached hydrogens (tertiary/aromatic N) is 1. The van der Waals surface area contributed by atoms with Crippen LogP contribution < -0.4 is 0 Å². The standard InChI is InChI=1S/C4H7F2NO2S/c5-4(6)1-2-7(3-4)10(8)9/h10H,1-3H2. The van der Waals surface area contributed by atoms with Crippen molar-refractivity contribution in [2.45, 2.75) is 12.3 Å². The Morgan fingerprint density at radius 1 is 1.40 bits per heavy atom. The molecule has 0 aromatic rings. The summed E-state index contributed by atoms with van der Waals surface area (Å²) in [5.74, 6) is -2.81. The van der Waals surface area contributed by atoms with Crippen LogP contribution in [0.25, 0.3) is 0 Å². The van der Waals surface area contributed by atoms with Crippen molar-refractivity contribution in [3.8, 4) is 0 Å². The molecule has 0 N–H and O–H groups in total. The van der Waals surface area contributed by atoms with E-state index in [9.17, 15) is 17.2 Å². The molecule has 0 aliphatic carbocycles. The predicted molar refractivity (Wildman–Crippen MR) is 31.5 cm³/mol. The van der Waals surface area contributed by atoms with E-state index in [0.717, 1.165) is 4.31 Å². The van der Waals surface area contributed by atoms with E-state index in [1.807, 2.05) is 0 Å². The van der Waals surface area contributed by atoms with Crippen molar-refractivity contribution in [3.05, 3.63) is 0 Å². The minimum absolute atomic E-state index is 0.0499. The maximum atomic E-state index is 12.2. The molecule has 0 amide bonds. The molecule has 60 valence electrons. The van der Waals surface area contributed by atoms with Crippen LogP contribution in [0.4, 0.5) is 8.78 Å². The molecule has 6 heteroatoms. The first-order chi connectivity index (χ1) is 4.51. The minimum atomic E-state index is -2.81. The number of hydrogen-bond donors (Lipinski definition) is 1. The molecule has 0 radical (unpaired) electrons. The fourth-order valence-electron chi connectivity index (χ4n) is 0.857. The lowest BCUT2D eigenvalue weighted by Gasteiger charge is -2.06. The molecule has 1 aliphatic rings. The number of alkyl halides is 2. The summed E-state index contributed by atoms with van der Waals surface area (Å²) in [6.45, 7) is -0.697. The molecule has 0 unspecified atom stereocenters. The van der Waals surface area contributed by atoms with Crippen LogP contribution in [0.15, 0.2) is 0 Å². The average molecular weight is 171 g/mol. The van der Waals surface area contributed by atoms with E-state index in [2.05, 4.69) is 0 Å². The molecule has 10 heavy (non-hydrogen) atoms. The lowest BCUT2D eigenvalue weighted by molar-refractivity contribution is 0.0186. The molecule has 1 aliphatic heterocycles. The van der Waals surface area contributed by atoms with Gasteiger partial charge in [0.1, 0.15) is 0 Å². The van der Waals surface area contributed by atoms with E-state index in [-0.39, 0.29) is 13.0 Å². The molecule has 0 aromatic carbocycles. The smallest absolute Gasteiger partial charge is 0.215 e. The van der Waals surface area contributed by atoms with E-state index >= 15 is 0 Å². The van der Waals surface area contributed by atoms with E-state index in [4.69, 9.17) is 0 Å². The first-order valence-electron chi connectivity index (χ1n) is 2.78. The second-order valence-corrected chi connectivity index (χ2v) is 3.27. The molecule has 1 rings (SSSR count). The van der Waals surface area contributed by atoms with Crippen molar-refractivity contribution in [2.75, 3.05) is 13.1 Å². The Morgan fingerprint density at radius 3 is 2.20 bits per heavy atom. The lowest BCUT2D eigenvalue weighted by Crippen LogP contribution is -2.23. The van der Waals surface area contributed by atoms with Crippen LogP contribution in [0.2, 0.25) is 0 Å². The zero-order valence-electron chi connectivity index (χ0n) is 5.09. The molecule has 0 saturated carbocycles. The van der Waals surface area contributed by atoms with Crippen LogP contribution >= 0.6 is 0 Å². The van der Waals surface area contributed by atoms with Crippen LogP contribution in [0.5, 0.6) is 0 Å². The normalized spacial score (nSPS) is 25.9. The molecule has 0 aromatic heterocycles. The van der Waals surface area contributed by atoms with Crippen LogP contribution in [-0.2, 0) is 10.9 Å². The molecule has 0 spiro atoms. The number of thiol groups is 1. The number of rotatable bonds is 1. The van der Waals surface area contributed by atoms with Crippen LogP contribution in [0.3, 0.4) is 0 Å². The summed E-state index contributed by atoms with van der Waals surface area (Å²) in [5, 5.41) is 0. The Bertz CT molecular complexity index is 195. The first-order valence-corrected chi connectivity index (χ1v) is 3.91. The van der Waals surface area contributed by atoms with E-state index < -0.39 is 23.4 Å². The summed E-state index contributed by atoms with van der Waals surface area (Å²) >= 11 is 0. The number of hydrogen-bond acceptors (Lipinski definition) is 2. The highest BCUT2D eigenvalue weighted by molar-refractivity contribution is 7.69. The van der Waals surface area contributed by atoms with Gasteiger partial charge in [-0.05, 0) is 0 Å². The SMILES string of the molecule is O=[SH](=O)N1CCC(F)(F)C1. The summed E-state index contributed by atoms with van der Waals surface area (Å²) in [4.78, 5) is 0. The zero-order chi connectivity index (χ0) is 7.78. The van der Waals surface area contributed by atoms with Gasteiger partial charge < -0.3 is 0 Å². The molecule has 3 nitrogen and oxygen atoms in total. The van der Waals surface area contributed by atoms with Crippen molar-refractivity contribution >= 4 is 10.9 Å². The van der Waals surface area contributed by atoms with Crippen LogP contribution in [0, 0.1) is 0 Å². The van der Waals surface area contributed by atoms with Gasteiger partial charge in [0, 0.05) is 13.0 Å². The molecule has 1 fully saturated rings. The maximum Gasteiger partial charge on any atom is 0.262 e. The van der Waals surface area contributed by atoms with Gasteiger partial charge in [0.05, 0.1) is 6.54 Å².